The third-order valence-corrected chi connectivity index (χ3v) is 5.76. The number of nitrogens with one attached hydrogen (secondary N) is 2. The van der Waals surface area contributed by atoms with Crippen molar-refractivity contribution in [3.8, 4) is 5.75 Å². The summed E-state index contributed by atoms with van der Waals surface area (Å²) in [6, 6.07) is 12.8. The summed E-state index contributed by atoms with van der Waals surface area (Å²) in [5, 5.41) is 2.50. The molecule has 0 radical (unpaired) electrons. The molecule has 1 fully saturated rings. The molecular weight excluding hydrogens is 352 g/mol. The second-order valence-electron chi connectivity index (χ2n) is 6.23. The quantitative estimate of drug-likeness (QED) is 0.813. The number of carbonyl (C=O) groups is 1. The van der Waals surface area contributed by atoms with E-state index in [0.29, 0.717) is 5.75 Å². The Labute approximate surface area is 153 Å². The molecule has 6 nitrogen and oxygen atoms in total. The van der Waals surface area contributed by atoms with Crippen molar-refractivity contribution in [3.05, 3.63) is 54.1 Å². The maximum atomic E-state index is 12.6. The SMILES string of the molecule is CNC(=O)c1ccccc1NS(=O)(=O)c1ccc(OC2CCCC2)cc1. The average molecular weight is 374 g/mol. The third-order valence-electron chi connectivity index (χ3n) is 4.38. The second kappa shape index (κ2) is 7.78. The van der Waals surface area contributed by atoms with Gasteiger partial charge in [-0.1, -0.05) is 12.1 Å². The molecule has 1 aliphatic carbocycles. The van der Waals surface area contributed by atoms with Gasteiger partial charge in [0, 0.05) is 7.05 Å². The number of anilines is 1. The molecule has 0 unspecified atom stereocenters. The molecule has 26 heavy (non-hydrogen) atoms. The Morgan fingerprint density at radius 2 is 1.69 bits per heavy atom. The van der Waals surface area contributed by atoms with Crippen LogP contribution in [0, 0.1) is 0 Å². The Balaban J connectivity index is 1.77. The lowest BCUT2D eigenvalue weighted by atomic mass is 10.2. The van der Waals surface area contributed by atoms with Crippen LogP contribution in [0.15, 0.2) is 53.4 Å². The van der Waals surface area contributed by atoms with E-state index in [0.717, 1.165) is 12.8 Å². The van der Waals surface area contributed by atoms with Crippen LogP contribution < -0.4 is 14.8 Å². The molecule has 0 aromatic heterocycles. The standard InChI is InChI=1S/C19H22N2O4S/c1-20-19(22)17-8-4-5-9-18(17)21-26(23,24)16-12-10-15(11-13-16)25-14-6-2-3-7-14/h4-5,8-14,21H,2-3,6-7H2,1H3,(H,20,22). The first kappa shape index (κ1) is 18.3. The highest BCUT2D eigenvalue weighted by Gasteiger charge is 2.19. The first-order chi connectivity index (χ1) is 12.5. The molecule has 3 rings (SSSR count). The number of para-hydroxylation sites is 1. The zero-order chi connectivity index (χ0) is 18.6. The lowest BCUT2D eigenvalue weighted by molar-refractivity contribution is 0.0964. The van der Waals surface area contributed by atoms with Gasteiger partial charge in [0.25, 0.3) is 15.9 Å². The molecule has 2 N–H and O–H groups in total. The van der Waals surface area contributed by atoms with E-state index in [1.165, 1.54) is 32.0 Å². The zero-order valence-electron chi connectivity index (χ0n) is 14.6. The van der Waals surface area contributed by atoms with Crippen molar-refractivity contribution in [3.63, 3.8) is 0 Å². The van der Waals surface area contributed by atoms with Crippen LogP contribution in [0.3, 0.4) is 0 Å². The van der Waals surface area contributed by atoms with Crippen LogP contribution in [0.5, 0.6) is 5.75 Å². The van der Waals surface area contributed by atoms with Crippen molar-refractivity contribution in [2.45, 2.75) is 36.7 Å². The number of rotatable bonds is 6. The van der Waals surface area contributed by atoms with Gasteiger partial charge in [0.15, 0.2) is 0 Å². The Morgan fingerprint density at radius 3 is 2.35 bits per heavy atom. The van der Waals surface area contributed by atoms with Crippen LogP contribution in [0.4, 0.5) is 5.69 Å². The lowest BCUT2D eigenvalue weighted by Gasteiger charge is -2.14. The van der Waals surface area contributed by atoms with Crippen molar-refractivity contribution in [2.75, 3.05) is 11.8 Å². The van der Waals surface area contributed by atoms with Gasteiger partial charge in [-0.15, -0.1) is 0 Å². The second-order valence-corrected chi connectivity index (χ2v) is 7.91. The third kappa shape index (κ3) is 4.16. The molecule has 2 aromatic carbocycles. The Bertz CT molecular complexity index is 873. The first-order valence-corrected chi connectivity index (χ1v) is 10.1. The highest BCUT2D eigenvalue weighted by atomic mass is 32.2. The zero-order valence-corrected chi connectivity index (χ0v) is 15.4. The van der Waals surface area contributed by atoms with Crippen molar-refractivity contribution in [2.24, 2.45) is 0 Å². The van der Waals surface area contributed by atoms with E-state index in [2.05, 4.69) is 10.0 Å². The summed E-state index contributed by atoms with van der Waals surface area (Å²) in [4.78, 5) is 12.0. The summed E-state index contributed by atoms with van der Waals surface area (Å²) in [5.41, 5.74) is 0.498. The average Bonchev–Trinajstić information content (AvgIpc) is 3.15. The molecule has 0 atom stereocenters. The molecule has 1 amide bonds. The molecule has 138 valence electrons. The first-order valence-electron chi connectivity index (χ1n) is 8.60. The molecule has 1 saturated carbocycles. The van der Waals surface area contributed by atoms with Gasteiger partial charge in [-0.2, -0.15) is 0 Å². The molecule has 0 saturated heterocycles. The largest absolute Gasteiger partial charge is 0.490 e. The Morgan fingerprint density at radius 1 is 1.04 bits per heavy atom. The molecule has 0 bridgehead atoms. The van der Waals surface area contributed by atoms with Gasteiger partial charge in [-0.25, -0.2) is 8.42 Å². The number of benzene rings is 2. The van der Waals surface area contributed by atoms with E-state index in [-0.39, 0.29) is 28.2 Å². The van der Waals surface area contributed by atoms with E-state index < -0.39 is 10.0 Å². The number of hydrogen-bond donors (Lipinski definition) is 2. The Hall–Kier alpha value is -2.54. The Kier molecular flexibility index (Phi) is 5.46. The fourth-order valence-electron chi connectivity index (χ4n) is 3.00. The van der Waals surface area contributed by atoms with E-state index in [9.17, 15) is 13.2 Å². The topological polar surface area (TPSA) is 84.5 Å². The monoisotopic (exact) mass is 374 g/mol. The summed E-state index contributed by atoms with van der Waals surface area (Å²) in [6.07, 6.45) is 4.64. The number of ether oxygens (including phenoxy) is 1. The number of hydrogen-bond acceptors (Lipinski definition) is 4. The van der Waals surface area contributed by atoms with Gasteiger partial charge in [0.2, 0.25) is 0 Å². The molecule has 2 aromatic rings. The highest BCUT2D eigenvalue weighted by Crippen LogP contribution is 2.26. The van der Waals surface area contributed by atoms with Crippen LogP contribution in [-0.4, -0.2) is 27.5 Å². The van der Waals surface area contributed by atoms with Crippen LogP contribution in [0.2, 0.25) is 0 Å². The van der Waals surface area contributed by atoms with Gasteiger partial charge in [-0.3, -0.25) is 9.52 Å². The van der Waals surface area contributed by atoms with Crippen molar-refractivity contribution in [1.82, 2.24) is 5.32 Å². The fourth-order valence-corrected chi connectivity index (χ4v) is 4.08. The van der Waals surface area contributed by atoms with E-state index in [4.69, 9.17) is 4.74 Å². The maximum absolute atomic E-state index is 12.6. The summed E-state index contributed by atoms with van der Waals surface area (Å²) in [6.45, 7) is 0. The lowest BCUT2D eigenvalue weighted by Crippen LogP contribution is -2.21. The maximum Gasteiger partial charge on any atom is 0.261 e. The van der Waals surface area contributed by atoms with Crippen LogP contribution in [-0.2, 0) is 10.0 Å². The van der Waals surface area contributed by atoms with Crippen molar-refractivity contribution < 1.29 is 17.9 Å². The molecule has 0 spiro atoms. The molecular formula is C19H22N2O4S. The summed E-state index contributed by atoms with van der Waals surface area (Å²) < 4.78 is 33.6. The minimum Gasteiger partial charge on any atom is -0.490 e. The normalized spacial score (nSPS) is 14.8. The highest BCUT2D eigenvalue weighted by molar-refractivity contribution is 7.92. The van der Waals surface area contributed by atoms with Crippen LogP contribution >= 0.6 is 0 Å². The van der Waals surface area contributed by atoms with Crippen LogP contribution in [0.25, 0.3) is 0 Å². The smallest absolute Gasteiger partial charge is 0.261 e. The molecule has 1 aliphatic rings. The minimum absolute atomic E-state index is 0.114. The van der Waals surface area contributed by atoms with E-state index in [1.807, 2.05) is 0 Å². The van der Waals surface area contributed by atoms with Gasteiger partial charge in [0.05, 0.1) is 22.3 Å². The summed E-state index contributed by atoms with van der Waals surface area (Å²) in [7, 11) is -2.31. The van der Waals surface area contributed by atoms with Gasteiger partial charge in [0.1, 0.15) is 5.75 Å². The van der Waals surface area contributed by atoms with E-state index >= 15 is 0 Å². The summed E-state index contributed by atoms with van der Waals surface area (Å²) in [5.74, 6) is 0.310. The van der Waals surface area contributed by atoms with Gasteiger partial charge >= 0.3 is 0 Å². The predicted molar refractivity (Wildman–Crippen MR) is 100.0 cm³/mol. The van der Waals surface area contributed by atoms with Gasteiger partial charge in [-0.05, 0) is 62.1 Å². The number of amides is 1. The number of carbonyl (C=O) groups excluding carboxylic acids is 1. The molecule has 0 aliphatic heterocycles. The van der Waals surface area contributed by atoms with E-state index in [1.54, 1.807) is 36.4 Å². The minimum atomic E-state index is -3.81. The van der Waals surface area contributed by atoms with Crippen molar-refractivity contribution >= 4 is 21.6 Å². The number of sulfonamides is 1. The predicted octanol–water partition coefficient (Wildman–Crippen LogP) is 3.17. The summed E-state index contributed by atoms with van der Waals surface area (Å²) >= 11 is 0. The van der Waals surface area contributed by atoms with Gasteiger partial charge < -0.3 is 10.1 Å². The molecule has 7 heteroatoms. The van der Waals surface area contributed by atoms with Crippen LogP contribution in [0.1, 0.15) is 36.0 Å². The molecule has 0 heterocycles. The van der Waals surface area contributed by atoms with Crippen molar-refractivity contribution in [1.29, 1.82) is 0 Å². The fraction of sp³-hybridized carbons (Fsp3) is 0.316.